The van der Waals surface area contributed by atoms with E-state index in [0.29, 0.717) is 43.3 Å². The van der Waals surface area contributed by atoms with Crippen molar-refractivity contribution in [3.63, 3.8) is 0 Å². The summed E-state index contributed by atoms with van der Waals surface area (Å²) in [7, 11) is 2.57. The molecule has 62 heavy (non-hydrogen) atoms. The Morgan fingerprint density at radius 3 is 2.42 bits per heavy atom. The number of amides is 4. The van der Waals surface area contributed by atoms with Crippen LogP contribution in [0.15, 0.2) is 79.0 Å². The van der Waals surface area contributed by atoms with Crippen LogP contribution in [0.5, 0.6) is 5.75 Å². The zero-order valence-electron chi connectivity index (χ0n) is 35.4. The van der Waals surface area contributed by atoms with Gasteiger partial charge in [-0.3, -0.25) is 9.59 Å². The number of aromatic nitrogens is 4. The van der Waals surface area contributed by atoms with E-state index in [0.717, 1.165) is 68.3 Å². The molecule has 3 aliphatic heterocycles. The topological polar surface area (TPSA) is 184 Å². The summed E-state index contributed by atoms with van der Waals surface area (Å²) in [6.45, 7) is 7.39. The number of rotatable bonds is 9. The van der Waals surface area contributed by atoms with Crippen molar-refractivity contribution >= 4 is 45.8 Å². The van der Waals surface area contributed by atoms with Crippen molar-refractivity contribution in [1.29, 1.82) is 0 Å². The number of benzene rings is 4. The van der Waals surface area contributed by atoms with Gasteiger partial charge in [-0.1, -0.05) is 69.3 Å². The van der Waals surface area contributed by atoms with Crippen molar-refractivity contribution in [2.45, 2.75) is 70.8 Å². The Bertz CT molecular complexity index is 2690. The van der Waals surface area contributed by atoms with Gasteiger partial charge < -0.3 is 44.6 Å². The van der Waals surface area contributed by atoms with Gasteiger partial charge in [-0.05, 0) is 83.0 Å². The Labute approximate surface area is 358 Å². The van der Waals surface area contributed by atoms with Crippen LogP contribution in [-0.4, -0.2) is 87.1 Å². The molecular formula is C47H50N8O7. The first-order valence-electron chi connectivity index (χ1n) is 21.1. The molecule has 2 fully saturated rings. The van der Waals surface area contributed by atoms with Crippen molar-refractivity contribution < 1.29 is 33.4 Å². The van der Waals surface area contributed by atoms with E-state index in [-0.39, 0.29) is 35.7 Å². The number of alkyl carbamates (subject to hydrolysis) is 2. The zero-order chi connectivity index (χ0) is 43.2. The zero-order valence-corrected chi connectivity index (χ0v) is 35.4. The third-order valence-electron chi connectivity index (χ3n) is 12.5. The molecule has 4 amide bonds. The number of methoxy groups -OCH3 is 2. The monoisotopic (exact) mass is 838 g/mol. The van der Waals surface area contributed by atoms with Crippen LogP contribution < -0.4 is 15.4 Å². The minimum atomic E-state index is -0.914. The second-order valence-corrected chi connectivity index (χ2v) is 16.9. The van der Waals surface area contributed by atoms with Crippen LogP contribution in [-0.2, 0) is 25.7 Å². The molecule has 2 aromatic heterocycles. The first-order chi connectivity index (χ1) is 30.0. The first-order valence-corrected chi connectivity index (χ1v) is 21.1. The molecule has 1 unspecified atom stereocenters. The van der Waals surface area contributed by atoms with Crippen LogP contribution in [0.4, 0.5) is 9.59 Å². The Morgan fingerprint density at radius 1 is 0.855 bits per heavy atom. The predicted molar refractivity (Wildman–Crippen MR) is 232 cm³/mol. The number of H-pyrrole nitrogens is 2. The molecule has 0 aliphatic carbocycles. The van der Waals surface area contributed by atoms with Crippen LogP contribution in [0.1, 0.15) is 80.9 Å². The molecule has 0 saturated carbocycles. The van der Waals surface area contributed by atoms with E-state index in [4.69, 9.17) is 24.2 Å². The van der Waals surface area contributed by atoms with E-state index >= 15 is 0 Å². The highest BCUT2D eigenvalue weighted by Gasteiger charge is 2.41. The lowest BCUT2D eigenvalue weighted by Gasteiger charge is -2.30. The highest BCUT2D eigenvalue weighted by atomic mass is 16.5. The second kappa shape index (κ2) is 16.5. The number of hydrogen-bond donors (Lipinski definition) is 4. The minimum Gasteiger partial charge on any atom is -0.488 e. The maximum Gasteiger partial charge on any atom is 0.407 e. The van der Waals surface area contributed by atoms with Gasteiger partial charge in [0.1, 0.15) is 36.1 Å². The van der Waals surface area contributed by atoms with Crippen LogP contribution >= 0.6 is 0 Å². The van der Waals surface area contributed by atoms with Crippen molar-refractivity contribution in [2.24, 2.45) is 11.8 Å². The van der Waals surface area contributed by atoms with Crippen LogP contribution in [0, 0.1) is 11.8 Å². The molecule has 6 aromatic rings. The Kier molecular flexibility index (Phi) is 10.8. The number of nitrogens with zero attached hydrogens (tertiary/aromatic N) is 4. The maximum absolute atomic E-state index is 14.2. The fourth-order valence-corrected chi connectivity index (χ4v) is 9.30. The molecule has 15 heteroatoms. The quantitative estimate of drug-likeness (QED) is 0.113. The molecule has 5 atom stereocenters. The molecule has 15 nitrogen and oxygen atoms in total. The molecule has 0 spiro atoms. The summed E-state index contributed by atoms with van der Waals surface area (Å²) in [6, 6.07) is 21.6. The number of aromatic amines is 2. The molecule has 4 aromatic carbocycles. The minimum absolute atomic E-state index is 0.121. The summed E-state index contributed by atoms with van der Waals surface area (Å²) in [5, 5.41) is 7.39. The summed E-state index contributed by atoms with van der Waals surface area (Å²) in [5.74, 6) is 1.88. The van der Waals surface area contributed by atoms with Gasteiger partial charge in [-0.15, -0.1) is 0 Å². The molecule has 3 aliphatic rings. The molecule has 2 saturated heterocycles. The Morgan fingerprint density at radius 2 is 1.65 bits per heavy atom. The summed E-state index contributed by atoms with van der Waals surface area (Å²) < 4.78 is 16.1. The van der Waals surface area contributed by atoms with Crippen molar-refractivity contribution in [2.75, 3.05) is 27.3 Å². The number of imidazole rings is 2. The summed E-state index contributed by atoms with van der Waals surface area (Å²) in [4.78, 5) is 72.8. The number of hydrogen-bond acceptors (Lipinski definition) is 9. The third-order valence-corrected chi connectivity index (χ3v) is 12.5. The van der Waals surface area contributed by atoms with Gasteiger partial charge in [0.15, 0.2) is 0 Å². The Balaban J connectivity index is 0.967. The van der Waals surface area contributed by atoms with Crippen molar-refractivity contribution in [1.82, 2.24) is 40.4 Å². The lowest BCUT2D eigenvalue weighted by molar-refractivity contribution is -0.136. The van der Waals surface area contributed by atoms with Crippen molar-refractivity contribution in [3.05, 3.63) is 102 Å². The predicted octanol–water partition coefficient (Wildman–Crippen LogP) is 7.72. The van der Waals surface area contributed by atoms with E-state index in [1.807, 2.05) is 60.0 Å². The SMILES string of the molecule is COC(=O)NC(C(=O)N1CCC[C@H]1c1ncc(-c2ccc3c(c2)COc2cc4c(ccc5[nH]c([C@@H]6C[C@H](C)CN6C(=O)[C@H](NC(=O)OC)c6ccccc6)nc54)cc2-3)[nH]1)C(C)C. The molecule has 4 N–H and O–H groups in total. The molecule has 0 bridgehead atoms. The number of nitrogens with one attached hydrogen (secondary N) is 4. The van der Waals surface area contributed by atoms with Gasteiger partial charge in [-0.25, -0.2) is 19.6 Å². The number of likely N-dealkylation sites (tertiary alicyclic amines) is 2. The number of fused-ring (bicyclic) bond motifs is 6. The Hall–Kier alpha value is -6.90. The van der Waals surface area contributed by atoms with Crippen LogP contribution in [0.25, 0.3) is 44.2 Å². The summed E-state index contributed by atoms with van der Waals surface area (Å²) in [6.07, 6.45) is 2.81. The van der Waals surface area contributed by atoms with Gasteiger partial charge in [0.2, 0.25) is 5.91 Å². The number of carbonyl (C=O) groups is 4. The van der Waals surface area contributed by atoms with Gasteiger partial charge >= 0.3 is 12.2 Å². The van der Waals surface area contributed by atoms with E-state index in [1.54, 1.807) is 6.20 Å². The lowest BCUT2D eigenvalue weighted by Crippen LogP contribution is -2.51. The van der Waals surface area contributed by atoms with Crippen LogP contribution in [0.3, 0.4) is 0 Å². The van der Waals surface area contributed by atoms with Gasteiger partial charge in [0.25, 0.3) is 5.91 Å². The summed E-state index contributed by atoms with van der Waals surface area (Å²) >= 11 is 0. The molecule has 0 radical (unpaired) electrons. The average molecular weight is 839 g/mol. The molecular weight excluding hydrogens is 789 g/mol. The summed E-state index contributed by atoms with van der Waals surface area (Å²) in [5.41, 5.74) is 7.21. The van der Waals surface area contributed by atoms with E-state index < -0.39 is 24.3 Å². The van der Waals surface area contributed by atoms with E-state index in [9.17, 15) is 19.2 Å². The fourth-order valence-electron chi connectivity index (χ4n) is 9.30. The highest BCUT2D eigenvalue weighted by Crippen LogP contribution is 2.44. The first kappa shape index (κ1) is 40.5. The standard InChI is InChI=1S/C47H50N8O7/c1-25(2)39(52-46(58)60-4)44(56)54-17-9-12-36(54)42-48-22-35(50-42)29-13-15-31-30(19-29)24-62-38-21-32-28(20-33(31)38)14-16-34-41(32)51-43(49-34)37-18-26(3)23-55(37)45(57)40(53-47(59)61-5)27-10-7-6-8-11-27/h6-8,10-11,13-16,19-22,25-26,36-37,39-40H,9,12,17-18,23-24H2,1-5H3,(H,48,50)(H,49,51)(H,52,58)(H,53,59)/t26-,36-,37-,39?,40+/m0/s1. The molecule has 9 rings (SSSR count). The largest absolute Gasteiger partial charge is 0.488 e. The number of ether oxygens (including phenoxy) is 3. The molecule has 320 valence electrons. The van der Waals surface area contributed by atoms with Crippen LogP contribution in [0.2, 0.25) is 0 Å². The molecule has 5 heterocycles. The van der Waals surface area contributed by atoms with E-state index in [2.05, 4.69) is 63.9 Å². The average Bonchev–Trinajstić information content (AvgIpc) is 4.12. The van der Waals surface area contributed by atoms with Gasteiger partial charge in [0.05, 0.1) is 49.2 Å². The highest BCUT2D eigenvalue weighted by molar-refractivity contribution is 6.07. The smallest absolute Gasteiger partial charge is 0.407 e. The number of carbonyl (C=O) groups excluding carboxylic acids is 4. The normalized spacial score (nSPS) is 19.2. The van der Waals surface area contributed by atoms with Gasteiger partial charge in [0, 0.05) is 24.0 Å². The van der Waals surface area contributed by atoms with E-state index in [1.165, 1.54) is 14.2 Å². The second-order valence-electron chi connectivity index (χ2n) is 16.9. The van der Waals surface area contributed by atoms with Gasteiger partial charge in [-0.2, -0.15) is 0 Å². The maximum atomic E-state index is 14.2. The van der Waals surface area contributed by atoms with Crippen molar-refractivity contribution in [3.8, 4) is 28.1 Å². The third kappa shape index (κ3) is 7.45. The fraction of sp³-hybridized carbons (Fsp3) is 0.362. The lowest BCUT2D eigenvalue weighted by atomic mass is 9.92.